The van der Waals surface area contributed by atoms with Crippen molar-refractivity contribution >= 4 is 27.0 Å². The first-order valence-corrected chi connectivity index (χ1v) is 9.32. The van der Waals surface area contributed by atoms with Gasteiger partial charge in [-0.25, -0.2) is 12.7 Å². The average molecular weight is 374 g/mol. The number of sulfonamides is 1. The molecule has 0 aliphatic carbocycles. The molecule has 0 saturated carbocycles. The molecule has 3 rings (SSSR count). The number of carbonyl (C=O) groups is 1. The molecule has 7 nitrogen and oxygen atoms in total. The highest BCUT2D eigenvalue weighted by Crippen LogP contribution is 2.19. The molecule has 8 heteroatoms. The Morgan fingerprint density at radius 3 is 2.69 bits per heavy atom. The smallest absolute Gasteiger partial charge is 0.312 e. The first-order chi connectivity index (χ1) is 12.4. The molecule has 2 aromatic carbocycles. The van der Waals surface area contributed by atoms with Gasteiger partial charge in [0.05, 0.1) is 11.3 Å². The third kappa shape index (κ3) is 3.76. The van der Waals surface area contributed by atoms with E-state index >= 15 is 0 Å². The largest absolute Gasteiger partial charge is 0.461 e. The Bertz CT molecular complexity index is 1040. The Balaban J connectivity index is 1.67. The lowest BCUT2D eigenvalue weighted by Gasteiger charge is -2.12. The summed E-state index contributed by atoms with van der Waals surface area (Å²) in [4.78, 5) is 12.2. The lowest BCUT2D eigenvalue weighted by molar-refractivity contribution is -0.144. The number of esters is 1. The number of hydrogen-bond donors (Lipinski definition) is 0. The van der Waals surface area contributed by atoms with E-state index < -0.39 is 16.0 Å². The fourth-order valence-electron chi connectivity index (χ4n) is 2.42. The van der Waals surface area contributed by atoms with Gasteiger partial charge in [-0.05, 0) is 29.8 Å². The predicted molar refractivity (Wildman–Crippen MR) is 94.8 cm³/mol. The van der Waals surface area contributed by atoms with Crippen LogP contribution in [0.1, 0.15) is 11.3 Å². The number of ether oxygens (including phenoxy) is 1. The first-order valence-electron chi connectivity index (χ1n) is 7.88. The van der Waals surface area contributed by atoms with Crippen molar-refractivity contribution in [3.05, 3.63) is 59.8 Å². The maximum absolute atomic E-state index is 12.2. The number of para-hydroxylation sites is 1. The van der Waals surface area contributed by atoms with E-state index in [4.69, 9.17) is 9.26 Å². The van der Waals surface area contributed by atoms with Crippen LogP contribution in [-0.2, 0) is 32.6 Å². The molecule has 0 unspecified atom stereocenters. The van der Waals surface area contributed by atoms with E-state index in [9.17, 15) is 13.2 Å². The highest BCUT2D eigenvalue weighted by Gasteiger charge is 2.18. The fraction of sp³-hybridized carbons (Fsp3) is 0.222. The Kier molecular flexibility index (Phi) is 5.06. The standard InChI is InChI=1S/C18H18N2O5S/c1-20(2)26(22,23)14-7-5-6-13(10-14)12-24-18(21)11-16-15-8-3-4-9-17(15)25-19-16/h3-10H,11-12H2,1-2H3. The van der Waals surface area contributed by atoms with Gasteiger partial charge in [-0.2, -0.15) is 0 Å². The minimum Gasteiger partial charge on any atom is -0.461 e. The van der Waals surface area contributed by atoms with Crippen molar-refractivity contribution in [1.29, 1.82) is 0 Å². The molecule has 0 aliphatic rings. The van der Waals surface area contributed by atoms with Crippen LogP contribution in [0.25, 0.3) is 11.0 Å². The van der Waals surface area contributed by atoms with E-state index in [0.717, 1.165) is 9.69 Å². The van der Waals surface area contributed by atoms with Crippen molar-refractivity contribution in [3.8, 4) is 0 Å². The van der Waals surface area contributed by atoms with Crippen LogP contribution < -0.4 is 0 Å². The van der Waals surface area contributed by atoms with Gasteiger partial charge in [0.2, 0.25) is 10.0 Å². The number of fused-ring (bicyclic) bond motifs is 1. The Labute approximate surface area is 151 Å². The highest BCUT2D eigenvalue weighted by molar-refractivity contribution is 7.89. The third-order valence-electron chi connectivity index (χ3n) is 3.84. The lowest BCUT2D eigenvalue weighted by Crippen LogP contribution is -2.22. The zero-order valence-corrected chi connectivity index (χ0v) is 15.2. The summed E-state index contributed by atoms with van der Waals surface area (Å²) in [6, 6.07) is 13.6. The van der Waals surface area contributed by atoms with Crippen molar-refractivity contribution in [2.75, 3.05) is 14.1 Å². The van der Waals surface area contributed by atoms with Crippen molar-refractivity contribution in [1.82, 2.24) is 9.46 Å². The number of rotatable bonds is 6. The van der Waals surface area contributed by atoms with Crippen LogP contribution in [0.15, 0.2) is 57.9 Å². The summed E-state index contributed by atoms with van der Waals surface area (Å²) in [5, 5.41) is 4.66. The van der Waals surface area contributed by atoms with Crippen LogP contribution in [0.5, 0.6) is 0 Å². The Morgan fingerprint density at radius 1 is 1.15 bits per heavy atom. The molecule has 26 heavy (non-hydrogen) atoms. The van der Waals surface area contributed by atoms with Crippen molar-refractivity contribution in [2.24, 2.45) is 0 Å². The Hall–Kier alpha value is -2.71. The molecule has 3 aromatic rings. The maximum atomic E-state index is 12.2. The normalized spacial score (nSPS) is 11.8. The number of carbonyl (C=O) groups excluding carboxylic acids is 1. The second kappa shape index (κ2) is 7.27. The van der Waals surface area contributed by atoms with E-state index in [2.05, 4.69) is 5.16 Å². The first kappa shape index (κ1) is 18.1. The zero-order chi connectivity index (χ0) is 18.7. The number of hydrogen-bond acceptors (Lipinski definition) is 6. The summed E-state index contributed by atoms with van der Waals surface area (Å²) in [6.07, 6.45) is -0.0211. The molecular weight excluding hydrogens is 356 g/mol. The van der Waals surface area contributed by atoms with Gasteiger partial charge in [0.1, 0.15) is 12.3 Å². The summed E-state index contributed by atoms with van der Waals surface area (Å²) >= 11 is 0. The van der Waals surface area contributed by atoms with Gasteiger partial charge in [0, 0.05) is 19.5 Å². The molecule has 1 aromatic heterocycles. The molecule has 0 bridgehead atoms. The molecule has 136 valence electrons. The zero-order valence-electron chi connectivity index (χ0n) is 14.4. The molecule has 0 radical (unpaired) electrons. The monoisotopic (exact) mass is 374 g/mol. The second-order valence-electron chi connectivity index (χ2n) is 5.90. The van der Waals surface area contributed by atoms with Crippen LogP contribution in [-0.4, -0.2) is 37.9 Å². The minimum atomic E-state index is -3.53. The minimum absolute atomic E-state index is 0.0211. The van der Waals surface area contributed by atoms with Crippen LogP contribution in [0.2, 0.25) is 0 Å². The van der Waals surface area contributed by atoms with E-state index in [0.29, 0.717) is 16.8 Å². The summed E-state index contributed by atoms with van der Waals surface area (Å²) in [5.74, 6) is -0.468. The van der Waals surface area contributed by atoms with Crippen molar-refractivity contribution in [3.63, 3.8) is 0 Å². The van der Waals surface area contributed by atoms with E-state index in [1.807, 2.05) is 18.2 Å². The molecule has 0 spiro atoms. The van der Waals surface area contributed by atoms with Gasteiger partial charge in [-0.3, -0.25) is 4.79 Å². The molecule has 1 heterocycles. The topological polar surface area (TPSA) is 89.7 Å². The fourth-order valence-corrected chi connectivity index (χ4v) is 3.40. The number of aromatic nitrogens is 1. The number of nitrogens with zero attached hydrogens (tertiary/aromatic N) is 2. The van der Waals surface area contributed by atoms with Crippen LogP contribution in [0.4, 0.5) is 0 Å². The van der Waals surface area contributed by atoms with E-state index in [1.165, 1.54) is 26.2 Å². The molecule has 0 saturated heterocycles. The Morgan fingerprint density at radius 2 is 1.92 bits per heavy atom. The lowest BCUT2D eigenvalue weighted by atomic mass is 10.2. The van der Waals surface area contributed by atoms with Gasteiger partial charge < -0.3 is 9.26 Å². The van der Waals surface area contributed by atoms with E-state index in [1.54, 1.807) is 18.2 Å². The predicted octanol–water partition coefficient (Wildman–Crippen LogP) is 2.36. The van der Waals surface area contributed by atoms with E-state index in [-0.39, 0.29) is 17.9 Å². The molecule has 0 amide bonds. The van der Waals surface area contributed by atoms with Crippen LogP contribution >= 0.6 is 0 Å². The van der Waals surface area contributed by atoms with Gasteiger partial charge in [0.25, 0.3) is 0 Å². The number of benzene rings is 2. The van der Waals surface area contributed by atoms with Gasteiger partial charge in [-0.1, -0.05) is 29.4 Å². The van der Waals surface area contributed by atoms with Gasteiger partial charge in [-0.15, -0.1) is 0 Å². The molecule has 0 N–H and O–H groups in total. The summed E-state index contributed by atoms with van der Waals surface area (Å²) in [5.41, 5.74) is 1.71. The summed E-state index contributed by atoms with van der Waals surface area (Å²) < 4.78 is 35.9. The summed E-state index contributed by atoms with van der Waals surface area (Å²) in [7, 11) is -0.608. The molecule has 0 atom stereocenters. The van der Waals surface area contributed by atoms with Gasteiger partial charge >= 0.3 is 5.97 Å². The van der Waals surface area contributed by atoms with Gasteiger partial charge in [0.15, 0.2) is 5.58 Å². The summed E-state index contributed by atoms with van der Waals surface area (Å²) in [6.45, 7) is -0.0224. The third-order valence-corrected chi connectivity index (χ3v) is 5.65. The SMILES string of the molecule is CN(C)S(=O)(=O)c1cccc(COC(=O)Cc2noc3ccccc23)c1. The van der Waals surface area contributed by atoms with Crippen LogP contribution in [0.3, 0.4) is 0 Å². The second-order valence-corrected chi connectivity index (χ2v) is 8.05. The maximum Gasteiger partial charge on any atom is 0.312 e. The molecule has 0 aliphatic heterocycles. The average Bonchev–Trinajstić information content (AvgIpc) is 3.03. The highest BCUT2D eigenvalue weighted by atomic mass is 32.2. The molecular formula is C18H18N2O5S. The van der Waals surface area contributed by atoms with Crippen molar-refractivity contribution in [2.45, 2.75) is 17.9 Å². The van der Waals surface area contributed by atoms with Crippen molar-refractivity contribution < 1.29 is 22.5 Å². The quantitative estimate of drug-likeness (QED) is 0.615. The van der Waals surface area contributed by atoms with Crippen LogP contribution in [0, 0.1) is 0 Å². The molecule has 0 fully saturated rings.